The van der Waals surface area contributed by atoms with E-state index in [-0.39, 0.29) is 22.1 Å². The average molecular weight is 397 g/mol. The fourth-order valence-corrected chi connectivity index (χ4v) is 5.36. The first kappa shape index (κ1) is 17.8. The van der Waals surface area contributed by atoms with Gasteiger partial charge < -0.3 is 9.84 Å². The van der Waals surface area contributed by atoms with Gasteiger partial charge in [-0.1, -0.05) is 18.7 Å². The number of aromatic hydroxyl groups is 1. The second-order valence-corrected chi connectivity index (χ2v) is 9.26. The summed E-state index contributed by atoms with van der Waals surface area (Å²) in [5.74, 6) is 1.05. The molecule has 0 saturated carbocycles. The zero-order valence-corrected chi connectivity index (χ0v) is 16.0. The molecule has 0 atom stereocenters. The molecule has 0 aliphatic rings. The van der Waals surface area contributed by atoms with Crippen molar-refractivity contribution in [1.82, 2.24) is 4.98 Å². The summed E-state index contributed by atoms with van der Waals surface area (Å²) in [4.78, 5) is 4.60. The summed E-state index contributed by atoms with van der Waals surface area (Å²) in [5.41, 5.74) is 1.03. The Morgan fingerprint density at radius 2 is 2.08 bits per heavy atom. The predicted molar refractivity (Wildman–Crippen MR) is 101 cm³/mol. The number of anilines is 1. The van der Waals surface area contributed by atoms with E-state index in [9.17, 15) is 13.5 Å². The van der Waals surface area contributed by atoms with Crippen molar-refractivity contribution in [3.05, 3.63) is 36.4 Å². The van der Waals surface area contributed by atoms with Crippen molar-refractivity contribution in [3.63, 3.8) is 0 Å². The fourth-order valence-electron chi connectivity index (χ4n) is 2.20. The number of benzene rings is 2. The number of thiazole rings is 1. The van der Waals surface area contributed by atoms with Gasteiger partial charge in [0.1, 0.15) is 0 Å². The molecule has 2 N–H and O–H groups in total. The van der Waals surface area contributed by atoms with Crippen molar-refractivity contribution in [3.8, 4) is 11.5 Å². The predicted octanol–water partition coefficient (Wildman–Crippen LogP) is 3.92. The zero-order chi connectivity index (χ0) is 18.0. The molecule has 3 rings (SSSR count). The van der Waals surface area contributed by atoms with E-state index in [0.717, 1.165) is 20.3 Å². The van der Waals surface area contributed by atoms with Crippen molar-refractivity contribution >= 4 is 49.0 Å². The molecule has 0 aliphatic heterocycles. The maximum atomic E-state index is 12.6. The third kappa shape index (κ3) is 3.83. The Kier molecular flexibility index (Phi) is 5.07. The van der Waals surface area contributed by atoms with Crippen molar-refractivity contribution in [1.29, 1.82) is 0 Å². The summed E-state index contributed by atoms with van der Waals surface area (Å²) < 4.78 is 34.3. The highest BCUT2D eigenvalue weighted by Gasteiger charge is 2.17. The van der Waals surface area contributed by atoms with Gasteiger partial charge in [-0.3, -0.25) is 4.72 Å². The molecular weight excluding hydrogens is 380 g/mol. The zero-order valence-electron chi connectivity index (χ0n) is 13.5. The van der Waals surface area contributed by atoms with E-state index in [4.69, 9.17) is 4.74 Å². The number of hydrogen-bond acceptors (Lipinski definition) is 7. The number of nitrogens with zero attached hydrogens (tertiary/aromatic N) is 1. The molecule has 6 nitrogen and oxygen atoms in total. The van der Waals surface area contributed by atoms with Crippen LogP contribution < -0.4 is 9.46 Å². The molecule has 0 bridgehead atoms. The van der Waals surface area contributed by atoms with Crippen molar-refractivity contribution in [2.75, 3.05) is 17.6 Å². The van der Waals surface area contributed by atoms with E-state index in [1.54, 1.807) is 23.9 Å². The fraction of sp³-hybridized carbons (Fsp3) is 0.188. The minimum Gasteiger partial charge on any atom is -0.504 e. The summed E-state index contributed by atoms with van der Waals surface area (Å²) in [6.07, 6.45) is 0. The number of sulfonamides is 1. The van der Waals surface area contributed by atoms with Gasteiger partial charge in [0.15, 0.2) is 15.8 Å². The lowest BCUT2D eigenvalue weighted by Crippen LogP contribution is -2.12. The lowest BCUT2D eigenvalue weighted by atomic mass is 10.3. The molecule has 1 heterocycles. The number of methoxy groups -OCH3 is 1. The Morgan fingerprint density at radius 1 is 1.28 bits per heavy atom. The number of phenols is 1. The van der Waals surface area contributed by atoms with E-state index in [1.165, 1.54) is 42.7 Å². The number of hydrogen-bond donors (Lipinski definition) is 2. The first-order valence-electron chi connectivity index (χ1n) is 7.36. The molecule has 0 amide bonds. The van der Waals surface area contributed by atoms with Crippen molar-refractivity contribution in [2.24, 2.45) is 0 Å². The molecular formula is C16H16N2O4S3. The second kappa shape index (κ2) is 7.11. The SMILES string of the molecule is CCSc1nc2ccc(S(=O)(=O)Nc3ccc(OC)c(O)c3)cc2s1. The van der Waals surface area contributed by atoms with Crippen LogP contribution in [0.4, 0.5) is 5.69 Å². The Labute approximate surface area is 153 Å². The molecule has 2 aromatic carbocycles. The highest BCUT2D eigenvalue weighted by molar-refractivity contribution is 8.01. The van der Waals surface area contributed by atoms with Crippen molar-refractivity contribution < 1.29 is 18.3 Å². The van der Waals surface area contributed by atoms with Crippen LogP contribution in [0.1, 0.15) is 6.92 Å². The molecule has 25 heavy (non-hydrogen) atoms. The summed E-state index contributed by atoms with van der Waals surface area (Å²) in [5, 5.41) is 9.78. The first-order chi connectivity index (χ1) is 11.9. The van der Waals surface area contributed by atoms with Gasteiger partial charge >= 0.3 is 0 Å². The Hall–Kier alpha value is -1.97. The number of nitrogens with one attached hydrogen (secondary N) is 1. The molecule has 9 heteroatoms. The largest absolute Gasteiger partial charge is 0.504 e. The molecule has 132 valence electrons. The third-order valence-electron chi connectivity index (χ3n) is 3.35. The molecule has 0 aliphatic carbocycles. The Morgan fingerprint density at radius 3 is 2.76 bits per heavy atom. The molecule has 1 aromatic heterocycles. The quantitative estimate of drug-likeness (QED) is 0.614. The highest BCUT2D eigenvalue weighted by atomic mass is 32.2. The van der Waals surface area contributed by atoms with Gasteiger partial charge in [-0.2, -0.15) is 0 Å². The normalized spacial score (nSPS) is 11.6. The van der Waals surface area contributed by atoms with Gasteiger partial charge in [-0.05, 0) is 36.1 Å². The van der Waals surface area contributed by atoms with Gasteiger partial charge in [-0.15, -0.1) is 11.3 Å². The maximum Gasteiger partial charge on any atom is 0.261 e. The molecule has 0 spiro atoms. The second-order valence-electron chi connectivity index (χ2n) is 5.03. The topological polar surface area (TPSA) is 88.5 Å². The number of rotatable bonds is 6. The lowest BCUT2D eigenvalue weighted by Gasteiger charge is -2.10. The number of ether oxygens (including phenoxy) is 1. The van der Waals surface area contributed by atoms with Gasteiger partial charge in [0, 0.05) is 6.07 Å². The van der Waals surface area contributed by atoms with Crippen LogP contribution in [-0.4, -0.2) is 31.4 Å². The maximum absolute atomic E-state index is 12.6. The smallest absolute Gasteiger partial charge is 0.261 e. The average Bonchev–Trinajstić information content (AvgIpc) is 2.96. The number of aromatic nitrogens is 1. The molecule has 0 unspecified atom stereocenters. The Balaban J connectivity index is 1.91. The number of fused-ring (bicyclic) bond motifs is 1. The minimum absolute atomic E-state index is 0.137. The summed E-state index contributed by atoms with van der Waals surface area (Å²) >= 11 is 3.09. The van der Waals surface area contributed by atoms with Gasteiger partial charge in [0.2, 0.25) is 0 Å². The van der Waals surface area contributed by atoms with E-state index >= 15 is 0 Å². The molecule has 0 radical (unpaired) electrons. The van der Waals surface area contributed by atoms with E-state index in [1.807, 2.05) is 6.92 Å². The molecule has 3 aromatic rings. The van der Waals surface area contributed by atoms with E-state index < -0.39 is 10.0 Å². The van der Waals surface area contributed by atoms with Crippen LogP contribution >= 0.6 is 23.1 Å². The number of phenolic OH excluding ortho intramolecular Hbond substituents is 1. The van der Waals surface area contributed by atoms with Crippen LogP contribution in [0.3, 0.4) is 0 Å². The van der Waals surface area contributed by atoms with Gasteiger partial charge in [0.25, 0.3) is 10.0 Å². The summed E-state index contributed by atoms with van der Waals surface area (Å²) in [6, 6.07) is 9.15. The van der Waals surface area contributed by atoms with E-state index in [2.05, 4.69) is 9.71 Å². The first-order valence-corrected chi connectivity index (χ1v) is 10.6. The van der Waals surface area contributed by atoms with Crippen LogP contribution in [0.15, 0.2) is 45.6 Å². The van der Waals surface area contributed by atoms with Crippen LogP contribution in [-0.2, 0) is 10.0 Å². The van der Waals surface area contributed by atoms with Crippen LogP contribution in [0.5, 0.6) is 11.5 Å². The van der Waals surface area contributed by atoms with Gasteiger partial charge in [-0.25, -0.2) is 13.4 Å². The van der Waals surface area contributed by atoms with Crippen LogP contribution in [0.25, 0.3) is 10.2 Å². The summed E-state index contributed by atoms with van der Waals surface area (Å²) in [7, 11) is -2.35. The molecule has 0 saturated heterocycles. The minimum atomic E-state index is -3.77. The van der Waals surface area contributed by atoms with Crippen LogP contribution in [0, 0.1) is 0 Å². The number of thioether (sulfide) groups is 1. The lowest BCUT2D eigenvalue weighted by molar-refractivity contribution is 0.373. The Bertz CT molecular complexity index is 1020. The standard InChI is InChI=1S/C16H16N2O4S3/c1-3-23-16-17-12-6-5-11(9-15(12)24-16)25(20,21)18-10-4-7-14(22-2)13(19)8-10/h4-9,18-19H,3H2,1-2H3. The van der Waals surface area contributed by atoms with Crippen molar-refractivity contribution in [2.45, 2.75) is 16.2 Å². The monoisotopic (exact) mass is 396 g/mol. The molecule has 0 fully saturated rings. The third-order valence-corrected chi connectivity index (χ3v) is 6.77. The van der Waals surface area contributed by atoms with Gasteiger partial charge in [0.05, 0.1) is 27.9 Å². The van der Waals surface area contributed by atoms with Crippen LogP contribution in [0.2, 0.25) is 0 Å². The highest BCUT2D eigenvalue weighted by Crippen LogP contribution is 2.32. The van der Waals surface area contributed by atoms with E-state index in [0.29, 0.717) is 0 Å². The summed E-state index contributed by atoms with van der Waals surface area (Å²) in [6.45, 7) is 2.04.